The fourth-order valence-electron chi connectivity index (χ4n) is 0.660. The van der Waals surface area contributed by atoms with Crippen LogP contribution >= 0.6 is 23.4 Å². The molecule has 12 heavy (non-hydrogen) atoms. The van der Waals surface area contributed by atoms with Crippen molar-refractivity contribution in [3.05, 3.63) is 5.28 Å². The second-order valence-corrected chi connectivity index (χ2v) is 3.06. The highest BCUT2D eigenvalue weighted by Crippen LogP contribution is 2.12. The molecule has 0 radical (unpaired) electrons. The van der Waals surface area contributed by atoms with Crippen molar-refractivity contribution in [3.63, 3.8) is 0 Å². The van der Waals surface area contributed by atoms with E-state index in [4.69, 9.17) is 11.6 Å². The van der Waals surface area contributed by atoms with Crippen LogP contribution < -0.4 is 5.32 Å². The number of nitrogens with zero attached hydrogens (tertiary/aromatic N) is 3. The predicted molar refractivity (Wildman–Crippen MR) is 50.8 cm³/mol. The maximum Gasteiger partial charge on any atom is 0.228 e. The Kier molecular flexibility index (Phi) is 3.55. The summed E-state index contributed by atoms with van der Waals surface area (Å²) in [4.78, 5) is 11.9. The van der Waals surface area contributed by atoms with Crippen LogP contribution in [0, 0.1) is 0 Å². The van der Waals surface area contributed by atoms with Gasteiger partial charge in [-0.2, -0.15) is 15.0 Å². The van der Waals surface area contributed by atoms with Gasteiger partial charge in [0.15, 0.2) is 5.16 Å². The van der Waals surface area contributed by atoms with Crippen LogP contribution in [0.5, 0.6) is 0 Å². The fraction of sp³-hybridized carbons (Fsp3) is 0.500. The molecule has 1 N–H and O–H groups in total. The van der Waals surface area contributed by atoms with E-state index in [1.807, 2.05) is 13.2 Å². The molecule has 0 spiro atoms. The minimum Gasteiger partial charge on any atom is -0.354 e. The number of thioether (sulfide) groups is 1. The number of halogens is 1. The van der Waals surface area contributed by atoms with Gasteiger partial charge in [-0.25, -0.2) is 0 Å². The van der Waals surface area contributed by atoms with Crippen LogP contribution in [0.2, 0.25) is 5.28 Å². The van der Waals surface area contributed by atoms with Crippen molar-refractivity contribution >= 4 is 29.3 Å². The van der Waals surface area contributed by atoms with Gasteiger partial charge < -0.3 is 5.32 Å². The lowest BCUT2D eigenvalue weighted by atomic mass is 10.7. The number of hydrogen-bond donors (Lipinski definition) is 1. The van der Waals surface area contributed by atoms with Crippen molar-refractivity contribution in [2.24, 2.45) is 0 Å². The lowest BCUT2D eigenvalue weighted by molar-refractivity contribution is 0.901. The monoisotopic (exact) mass is 204 g/mol. The van der Waals surface area contributed by atoms with E-state index in [-0.39, 0.29) is 5.28 Å². The Bertz CT molecular complexity index is 268. The Morgan fingerprint density at radius 1 is 1.42 bits per heavy atom. The summed E-state index contributed by atoms with van der Waals surface area (Å²) < 4.78 is 0. The highest BCUT2D eigenvalue weighted by Gasteiger charge is 2.01. The minimum absolute atomic E-state index is 0.227. The summed E-state index contributed by atoms with van der Waals surface area (Å²) >= 11 is 7.09. The molecule has 0 amide bonds. The Hall–Kier alpha value is -0.550. The molecule has 0 aliphatic carbocycles. The maximum absolute atomic E-state index is 5.65. The van der Waals surface area contributed by atoms with E-state index in [2.05, 4.69) is 20.3 Å². The van der Waals surface area contributed by atoms with E-state index in [0.29, 0.717) is 11.1 Å². The van der Waals surface area contributed by atoms with Crippen molar-refractivity contribution in [2.45, 2.75) is 12.1 Å². The van der Waals surface area contributed by atoms with Crippen LogP contribution in [0.4, 0.5) is 5.95 Å². The second-order valence-electron chi connectivity index (χ2n) is 1.95. The van der Waals surface area contributed by atoms with Crippen molar-refractivity contribution in [1.82, 2.24) is 15.0 Å². The first-order chi connectivity index (χ1) is 5.76. The molecule has 0 aliphatic rings. The Morgan fingerprint density at radius 2 is 2.17 bits per heavy atom. The third-order valence-electron chi connectivity index (χ3n) is 1.11. The highest BCUT2D eigenvalue weighted by molar-refractivity contribution is 7.98. The van der Waals surface area contributed by atoms with Crippen LogP contribution in [-0.2, 0) is 0 Å². The molecule has 0 fully saturated rings. The molecule has 0 aliphatic heterocycles. The molecule has 66 valence electrons. The number of nitrogens with one attached hydrogen (secondary N) is 1. The van der Waals surface area contributed by atoms with Gasteiger partial charge in [0.05, 0.1) is 0 Å². The molecule has 0 unspecified atom stereocenters. The smallest absolute Gasteiger partial charge is 0.228 e. The zero-order valence-corrected chi connectivity index (χ0v) is 8.41. The number of rotatable bonds is 3. The van der Waals surface area contributed by atoms with Gasteiger partial charge in [-0.3, -0.25) is 0 Å². The molecular weight excluding hydrogens is 196 g/mol. The zero-order chi connectivity index (χ0) is 8.97. The van der Waals surface area contributed by atoms with Gasteiger partial charge >= 0.3 is 0 Å². The molecule has 1 aromatic heterocycles. The summed E-state index contributed by atoms with van der Waals surface area (Å²) in [5, 5.41) is 3.82. The average molecular weight is 205 g/mol. The van der Waals surface area contributed by atoms with Gasteiger partial charge in [-0.15, -0.1) is 0 Å². The summed E-state index contributed by atoms with van der Waals surface area (Å²) in [5.41, 5.74) is 0. The molecule has 4 nitrogen and oxygen atoms in total. The molecule has 0 aromatic carbocycles. The first-order valence-corrected chi connectivity index (χ1v) is 5.06. The SMILES string of the molecule is CCNc1nc(Cl)nc(SC)n1. The van der Waals surface area contributed by atoms with E-state index in [0.717, 1.165) is 6.54 Å². The largest absolute Gasteiger partial charge is 0.354 e. The molecular formula is C6H9ClN4S. The molecule has 0 bridgehead atoms. The van der Waals surface area contributed by atoms with E-state index in [1.165, 1.54) is 11.8 Å². The quantitative estimate of drug-likeness (QED) is 0.760. The van der Waals surface area contributed by atoms with Crippen LogP contribution in [-0.4, -0.2) is 27.8 Å². The van der Waals surface area contributed by atoms with Gasteiger partial charge in [-0.05, 0) is 24.8 Å². The lowest BCUT2D eigenvalue weighted by Crippen LogP contribution is -2.04. The van der Waals surface area contributed by atoms with Crippen LogP contribution in [0.15, 0.2) is 5.16 Å². The third-order valence-corrected chi connectivity index (χ3v) is 1.82. The normalized spacial score (nSPS) is 9.92. The van der Waals surface area contributed by atoms with Crippen molar-refractivity contribution < 1.29 is 0 Å². The van der Waals surface area contributed by atoms with E-state index >= 15 is 0 Å². The minimum atomic E-state index is 0.227. The van der Waals surface area contributed by atoms with Gasteiger partial charge in [0.2, 0.25) is 11.2 Å². The molecule has 6 heteroatoms. The third kappa shape index (κ3) is 2.49. The van der Waals surface area contributed by atoms with Gasteiger partial charge in [0.25, 0.3) is 0 Å². The fourth-order valence-corrected chi connectivity index (χ4v) is 1.23. The predicted octanol–water partition coefficient (Wildman–Crippen LogP) is 1.68. The van der Waals surface area contributed by atoms with Crippen LogP contribution in [0.3, 0.4) is 0 Å². The summed E-state index contributed by atoms with van der Waals surface area (Å²) in [5.74, 6) is 0.529. The van der Waals surface area contributed by atoms with Gasteiger partial charge in [0, 0.05) is 6.54 Å². The lowest BCUT2D eigenvalue weighted by Gasteiger charge is -2.01. The Labute approximate surface area is 80.2 Å². The Morgan fingerprint density at radius 3 is 2.75 bits per heavy atom. The van der Waals surface area contributed by atoms with Crippen molar-refractivity contribution in [3.8, 4) is 0 Å². The molecule has 0 saturated carbocycles. The summed E-state index contributed by atoms with van der Waals surface area (Å²) in [7, 11) is 0. The van der Waals surface area contributed by atoms with Crippen LogP contribution in [0.1, 0.15) is 6.92 Å². The summed E-state index contributed by atoms with van der Waals surface area (Å²) in [6.07, 6.45) is 1.89. The van der Waals surface area contributed by atoms with Crippen molar-refractivity contribution in [1.29, 1.82) is 0 Å². The van der Waals surface area contributed by atoms with Crippen LogP contribution in [0.25, 0.3) is 0 Å². The summed E-state index contributed by atoms with van der Waals surface area (Å²) in [6, 6.07) is 0. The molecule has 0 saturated heterocycles. The molecule has 0 atom stereocenters. The van der Waals surface area contributed by atoms with Crippen molar-refractivity contribution in [2.75, 3.05) is 18.1 Å². The molecule has 1 rings (SSSR count). The van der Waals surface area contributed by atoms with Gasteiger partial charge in [0.1, 0.15) is 0 Å². The topological polar surface area (TPSA) is 50.7 Å². The first-order valence-electron chi connectivity index (χ1n) is 3.45. The second kappa shape index (κ2) is 4.47. The number of aromatic nitrogens is 3. The van der Waals surface area contributed by atoms with E-state index in [1.54, 1.807) is 0 Å². The summed E-state index contributed by atoms with van der Waals surface area (Å²) in [6.45, 7) is 2.74. The van der Waals surface area contributed by atoms with Gasteiger partial charge in [-0.1, -0.05) is 11.8 Å². The maximum atomic E-state index is 5.65. The number of hydrogen-bond acceptors (Lipinski definition) is 5. The average Bonchev–Trinajstić information content (AvgIpc) is 2.04. The first kappa shape index (κ1) is 9.54. The molecule has 1 aromatic rings. The molecule has 1 heterocycles. The highest BCUT2D eigenvalue weighted by atomic mass is 35.5. The van der Waals surface area contributed by atoms with E-state index in [9.17, 15) is 0 Å². The van der Waals surface area contributed by atoms with E-state index < -0.39 is 0 Å². The zero-order valence-electron chi connectivity index (χ0n) is 6.83. The standard InChI is InChI=1S/C6H9ClN4S/c1-3-8-5-9-4(7)10-6(11-5)12-2/h3H2,1-2H3,(H,8,9,10,11). The number of anilines is 1. The Balaban J connectivity index is 2.90.